The maximum absolute atomic E-state index is 12.2. The van der Waals surface area contributed by atoms with Crippen LogP contribution in [-0.4, -0.2) is 64.0 Å². The lowest BCUT2D eigenvalue weighted by Crippen LogP contribution is -2.26. The number of nitrogens with one attached hydrogen (secondary N) is 1. The van der Waals surface area contributed by atoms with Crippen LogP contribution in [0, 0.1) is 0 Å². The minimum absolute atomic E-state index is 0.0429. The van der Waals surface area contributed by atoms with Crippen LogP contribution in [0.3, 0.4) is 0 Å². The first-order chi connectivity index (χ1) is 11.8. The van der Waals surface area contributed by atoms with Crippen LogP contribution in [0.25, 0.3) is 0 Å². The molecule has 0 radical (unpaired) electrons. The smallest absolute Gasteiger partial charge is 0.337 e. The molecule has 0 spiro atoms. The number of benzene rings is 1. The predicted molar refractivity (Wildman–Crippen MR) is 86.6 cm³/mol. The van der Waals surface area contributed by atoms with Gasteiger partial charge in [0.15, 0.2) is 5.69 Å². The molecule has 0 aliphatic heterocycles. The molecule has 0 aliphatic carbocycles. The van der Waals surface area contributed by atoms with Gasteiger partial charge in [0.05, 0.1) is 24.6 Å². The molecule has 25 heavy (non-hydrogen) atoms. The summed E-state index contributed by atoms with van der Waals surface area (Å²) in [7, 11) is 4.61. The molecule has 0 fully saturated rings. The lowest BCUT2D eigenvalue weighted by molar-refractivity contribution is -0.129. The van der Waals surface area contributed by atoms with Crippen LogP contribution in [0.4, 0.5) is 5.69 Å². The van der Waals surface area contributed by atoms with Gasteiger partial charge in [-0.15, -0.1) is 5.10 Å². The fraction of sp³-hybridized carbons (Fsp3) is 0.267. The van der Waals surface area contributed by atoms with Crippen LogP contribution >= 0.6 is 0 Å². The second kappa shape index (κ2) is 7.43. The van der Waals surface area contributed by atoms with Gasteiger partial charge < -0.3 is 20.1 Å². The summed E-state index contributed by atoms with van der Waals surface area (Å²) in [6.07, 6.45) is 1.31. The molecule has 1 aromatic carbocycles. The summed E-state index contributed by atoms with van der Waals surface area (Å²) in [6, 6.07) is 4.24. The van der Waals surface area contributed by atoms with Gasteiger partial charge in [-0.2, -0.15) is 0 Å². The van der Waals surface area contributed by atoms with Crippen molar-refractivity contribution in [2.75, 3.05) is 26.5 Å². The number of carboxylic acid groups (broad SMARTS) is 1. The number of carbonyl (C=O) groups excluding carboxylic acids is 2. The summed E-state index contributed by atoms with van der Waals surface area (Å²) in [5, 5.41) is 19.1. The Morgan fingerprint density at radius 2 is 2.04 bits per heavy atom. The molecule has 2 amide bonds. The van der Waals surface area contributed by atoms with Gasteiger partial charge in [-0.25, -0.2) is 9.48 Å². The summed E-state index contributed by atoms with van der Waals surface area (Å²) in [6.45, 7) is -0.0593. The van der Waals surface area contributed by atoms with E-state index in [1.165, 1.54) is 41.1 Å². The Balaban J connectivity index is 2.16. The Labute approximate surface area is 143 Å². The second-order valence-electron chi connectivity index (χ2n) is 5.26. The first-order valence-electron chi connectivity index (χ1n) is 7.14. The molecule has 0 aliphatic rings. The first kappa shape index (κ1) is 17.9. The van der Waals surface area contributed by atoms with Gasteiger partial charge in [-0.05, 0) is 18.2 Å². The maximum atomic E-state index is 12.2. The van der Waals surface area contributed by atoms with Crippen LogP contribution in [0.2, 0.25) is 0 Å². The van der Waals surface area contributed by atoms with Crippen LogP contribution in [0.5, 0.6) is 5.75 Å². The normalized spacial score (nSPS) is 10.2. The number of aromatic carboxylic acids is 1. The summed E-state index contributed by atoms with van der Waals surface area (Å²) >= 11 is 0. The third-order valence-corrected chi connectivity index (χ3v) is 3.27. The van der Waals surface area contributed by atoms with Gasteiger partial charge in [0.25, 0.3) is 5.91 Å². The van der Waals surface area contributed by atoms with Gasteiger partial charge in [-0.1, -0.05) is 5.21 Å². The molecular formula is C15H17N5O5. The number of methoxy groups -OCH3 is 1. The van der Waals surface area contributed by atoms with E-state index in [4.69, 9.17) is 4.74 Å². The van der Waals surface area contributed by atoms with E-state index in [1.54, 1.807) is 14.1 Å². The third kappa shape index (κ3) is 4.31. The highest BCUT2D eigenvalue weighted by Gasteiger charge is 2.17. The molecular weight excluding hydrogens is 330 g/mol. The van der Waals surface area contributed by atoms with E-state index in [2.05, 4.69) is 15.6 Å². The molecule has 0 unspecified atom stereocenters. The molecule has 2 aromatic rings. The van der Waals surface area contributed by atoms with Crippen molar-refractivity contribution < 1.29 is 24.2 Å². The maximum Gasteiger partial charge on any atom is 0.337 e. The van der Waals surface area contributed by atoms with Crippen molar-refractivity contribution >= 4 is 23.5 Å². The summed E-state index contributed by atoms with van der Waals surface area (Å²) in [5.74, 6) is -1.71. The van der Waals surface area contributed by atoms with Gasteiger partial charge in [0, 0.05) is 14.1 Å². The fourth-order valence-electron chi connectivity index (χ4n) is 1.88. The summed E-state index contributed by atoms with van der Waals surface area (Å²) in [4.78, 5) is 36.6. The number of aromatic nitrogens is 3. The number of rotatable bonds is 6. The zero-order chi connectivity index (χ0) is 18.6. The zero-order valence-corrected chi connectivity index (χ0v) is 13.9. The zero-order valence-electron chi connectivity index (χ0n) is 13.9. The van der Waals surface area contributed by atoms with Crippen molar-refractivity contribution in [2.45, 2.75) is 6.54 Å². The number of ether oxygens (including phenoxy) is 1. The molecule has 0 saturated heterocycles. The van der Waals surface area contributed by atoms with Gasteiger partial charge in [-0.3, -0.25) is 9.59 Å². The van der Waals surface area contributed by atoms with Crippen LogP contribution in [0.15, 0.2) is 24.4 Å². The van der Waals surface area contributed by atoms with E-state index in [9.17, 15) is 19.5 Å². The second-order valence-corrected chi connectivity index (χ2v) is 5.26. The minimum Gasteiger partial charge on any atom is -0.497 e. The standard InChI is InChI=1S/C15H17N5O5/c1-19(2)13(21)8-20-7-12(17-18-20)14(22)16-11-5-4-9(25-3)6-10(11)15(23)24/h4-7H,8H2,1-3H3,(H,16,22)(H,23,24). The number of carbonyl (C=O) groups is 3. The Kier molecular flexibility index (Phi) is 5.32. The quantitative estimate of drug-likeness (QED) is 0.770. The molecule has 1 heterocycles. The fourth-order valence-corrected chi connectivity index (χ4v) is 1.88. The Hall–Kier alpha value is -3.43. The molecule has 0 saturated carbocycles. The molecule has 10 heteroatoms. The van der Waals surface area contributed by atoms with Gasteiger partial charge >= 0.3 is 5.97 Å². The van der Waals surface area contributed by atoms with Crippen molar-refractivity contribution in [3.63, 3.8) is 0 Å². The lowest BCUT2D eigenvalue weighted by Gasteiger charge is -2.09. The van der Waals surface area contributed by atoms with Crippen LogP contribution in [-0.2, 0) is 11.3 Å². The van der Waals surface area contributed by atoms with Crippen molar-refractivity contribution in [1.82, 2.24) is 19.9 Å². The first-order valence-corrected chi connectivity index (χ1v) is 7.14. The van der Waals surface area contributed by atoms with E-state index in [0.29, 0.717) is 5.75 Å². The average molecular weight is 347 g/mol. The molecule has 0 atom stereocenters. The van der Waals surface area contributed by atoms with E-state index in [-0.39, 0.29) is 29.4 Å². The average Bonchev–Trinajstić information content (AvgIpc) is 3.03. The predicted octanol–water partition coefficient (Wildman–Crippen LogP) is 0.325. The highest BCUT2D eigenvalue weighted by Crippen LogP contribution is 2.22. The highest BCUT2D eigenvalue weighted by atomic mass is 16.5. The lowest BCUT2D eigenvalue weighted by atomic mass is 10.1. The number of amides is 2. The van der Waals surface area contributed by atoms with Crippen molar-refractivity contribution in [3.8, 4) is 5.75 Å². The van der Waals surface area contributed by atoms with Gasteiger partial charge in [0.1, 0.15) is 12.3 Å². The Morgan fingerprint density at radius 1 is 1.32 bits per heavy atom. The molecule has 2 rings (SSSR count). The monoisotopic (exact) mass is 347 g/mol. The van der Waals surface area contributed by atoms with Crippen LogP contribution < -0.4 is 10.1 Å². The Morgan fingerprint density at radius 3 is 2.64 bits per heavy atom. The molecule has 10 nitrogen and oxygen atoms in total. The molecule has 2 N–H and O–H groups in total. The number of nitrogens with zero attached hydrogens (tertiary/aromatic N) is 4. The third-order valence-electron chi connectivity index (χ3n) is 3.27. The van der Waals surface area contributed by atoms with E-state index < -0.39 is 11.9 Å². The number of carboxylic acids is 1. The number of anilines is 1. The molecule has 132 valence electrons. The minimum atomic E-state index is -1.21. The van der Waals surface area contributed by atoms with Crippen molar-refractivity contribution in [1.29, 1.82) is 0 Å². The SMILES string of the molecule is COc1ccc(NC(=O)c2cn(CC(=O)N(C)C)nn2)c(C(=O)O)c1. The highest BCUT2D eigenvalue weighted by molar-refractivity contribution is 6.06. The van der Waals surface area contributed by atoms with Crippen molar-refractivity contribution in [2.24, 2.45) is 0 Å². The van der Waals surface area contributed by atoms with E-state index in [1.807, 2.05) is 0 Å². The largest absolute Gasteiger partial charge is 0.497 e. The van der Waals surface area contributed by atoms with Gasteiger partial charge in [0.2, 0.25) is 5.91 Å². The number of hydrogen-bond donors (Lipinski definition) is 2. The van der Waals surface area contributed by atoms with Crippen LogP contribution in [0.1, 0.15) is 20.8 Å². The summed E-state index contributed by atoms with van der Waals surface area (Å²) < 4.78 is 6.20. The summed E-state index contributed by atoms with van der Waals surface area (Å²) in [5.41, 5.74) is -0.0705. The number of hydrogen-bond acceptors (Lipinski definition) is 6. The number of likely N-dealkylation sites (N-methyl/N-ethyl adjacent to an activating group) is 1. The molecule has 1 aromatic heterocycles. The molecule has 0 bridgehead atoms. The van der Waals surface area contributed by atoms with Crippen molar-refractivity contribution in [3.05, 3.63) is 35.7 Å². The Bertz CT molecular complexity index is 814. The van der Waals surface area contributed by atoms with E-state index >= 15 is 0 Å². The topological polar surface area (TPSA) is 127 Å². The van der Waals surface area contributed by atoms with E-state index in [0.717, 1.165) is 0 Å².